The average Bonchev–Trinajstić information content (AvgIpc) is 2.94. The number of hydrogen-bond donors (Lipinski definition) is 2. The van der Waals surface area contributed by atoms with Gasteiger partial charge < -0.3 is 19.3 Å². The summed E-state index contributed by atoms with van der Waals surface area (Å²) in [6.45, 7) is -0.580. The summed E-state index contributed by atoms with van der Waals surface area (Å²) in [4.78, 5) is 36.5. The van der Waals surface area contributed by atoms with E-state index in [1.165, 1.54) is 17.9 Å². The van der Waals surface area contributed by atoms with Crippen molar-refractivity contribution in [2.75, 3.05) is 20.3 Å². The van der Waals surface area contributed by atoms with Crippen molar-refractivity contribution < 1.29 is 24.1 Å². The number of aliphatic hydroxyl groups excluding tert-OH is 1. The number of nitrogens with zero attached hydrogens (tertiary/aromatic N) is 1. The predicted octanol–water partition coefficient (Wildman–Crippen LogP) is -1.24. The van der Waals surface area contributed by atoms with E-state index in [2.05, 4.69) is 9.72 Å². The summed E-state index contributed by atoms with van der Waals surface area (Å²) >= 11 is 0. The second-order valence-electron chi connectivity index (χ2n) is 4.50. The lowest BCUT2D eigenvalue weighted by molar-refractivity contribution is -0.142. The van der Waals surface area contributed by atoms with Gasteiger partial charge in [0.1, 0.15) is 6.23 Å². The Hall–Kier alpha value is -2.13. The van der Waals surface area contributed by atoms with E-state index >= 15 is 0 Å². The SMILES string of the molecule is COC(=O)COc1cn(C2CC[C@@H](CO)O2)c(=O)[nH]c1=O. The van der Waals surface area contributed by atoms with Gasteiger partial charge in [-0.25, -0.2) is 9.59 Å². The second-order valence-corrected chi connectivity index (χ2v) is 4.50. The molecule has 2 rings (SSSR count). The zero-order valence-corrected chi connectivity index (χ0v) is 11.4. The highest BCUT2D eigenvalue weighted by atomic mass is 16.6. The summed E-state index contributed by atoms with van der Waals surface area (Å²) < 4.78 is 16.0. The largest absolute Gasteiger partial charge is 0.475 e. The molecular formula is C12H16N2O7. The van der Waals surface area contributed by atoms with Crippen LogP contribution < -0.4 is 16.0 Å². The topological polar surface area (TPSA) is 120 Å². The number of ether oxygens (including phenoxy) is 3. The number of nitrogens with one attached hydrogen (secondary N) is 1. The highest BCUT2D eigenvalue weighted by molar-refractivity contribution is 5.70. The lowest BCUT2D eigenvalue weighted by Crippen LogP contribution is -2.33. The minimum atomic E-state index is -0.739. The molecule has 1 unspecified atom stereocenters. The molecule has 0 amide bonds. The Bertz CT molecular complexity index is 621. The monoisotopic (exact) mass is 300 g/mol. The van der Waals surface area contributed by atoms with Gasteiger partial charge in [0.2, 0.25) is 5.75 Å². The molecule has 2 heterocycles. The fourth-order valence-corrected chi connectivity index (χ4v) is 2.00. The molecule has 0 bridgehead atoms. The molecule has 9 nitrogen and oxygen atoms in total. The Kier molecular flexibility index (Phi) is 4.76. The third kappa shape index (κ3) is 3.50. The van der Waals surface area contributed by atoms with Crippen molar-refractivity contribution in [1.82, 2.24) is 9.55 Å². The van der Waals surface area contributed by atoms with Crippen LogP contribution in [0, 0.1) is 0 Å². The van der Waals surface area contributed by atoms with Crippen molar-refractivity contribution in [2.24, 2.45) is 0 Å². The number of aliphatic hydroxyl groups is 1. The number of esters is 1. The van der Waals surface area contributed by atoms with E-state index in [4.69, 9.17) is 14.6 Å². The number of hydrogen-bond acceptors (Lipinski definition) is 7. The smallest absolute Gasteiger partial charge is 0.343 e. The molecular weight excluding hydrogens is 284 g/mol. The van der Waals surface area contributed by atoms with Crippen molar-refractivity contribution in [3.8, 4) is 5.75 Å². The molecule has 1 aliphatic rings. The molecule has 1 aromatic heterocycles. The Morgan fingerprint density at radius 1 is 1.52 bits per heavy atom. The first-order chi connectivity index (χ1) is 10.0. The maximum atomic E-state index is 11.8. The number of carbonyl (C=O) groups excluding carboxylic acids is 1. The summed E-state index contributed by atoms with van der Waals surface area (Å²) in [7, 11) is 1.19. The van der Waals surface area contributed by atoms with E-state index < -0.39 is 30.1 Å². The third-order valence-corrected chi connectivity index (χ3v) is 3.11. The van der Waals surface area contributed by atoms with E-state index in [1.807, 2.05) is 0 Å². The molecule has 0 aliphatic carbocycles. The second kappa shape index (κ2) is 6.55. The van der Waals surface area contributed by atoms with Gasteiger partial charge in [0, 0.05) is 0 Å². The van der Waals surface area contributed by atoms with Gasteiger partial charge in [-0.1, -0.05) is 0 Å². The highest BCUT2D eigenvalue weighted by Gasteiger charge is 2.27. The molecule has 0 spiro atoms. The number of methoxy groups -OCH3 is 1. The molecule has 21 heavy (non-hydrogen) atoms. The number of aromatic nitrogens is 2. The van der Waals surface area contributed by atoms with Gasteiger partial charge in [0.15, 0.2) is 6.61 Å². The highest BCUT2D eigenvalue weighted by Crippen LogP contribution is 2.26. The minimum Gasteiger partial charge on any atom is -0.475 e. The van der Waals surface area contributed by atoms with Gasteiger partial charge in [-0.3, -0.25) is 14.3 Å². The molecule has 1 aliphatic heterocycles. The van der Waals surface area contributed by atoms with Crippen LogP contribution in [0.2, 0.25) is 0 Å². The average molecular weight is 300 g/mol. The van der Waals surface area contributed by atoms with Crippen molar-refractivity contribution in [1.29, 1.82) is 0 Å². The Balaban J connectivity index is 2.20. The number of aromatic amines is 1. The van der Waals surface area contributed by atoms with Gasteiger partial charge in [-0.2, -0.15) is 0 Å². The molecule has 2 N–H and O–H groups in total. The van der Waals surface area contributed by atoms with E-state index in [0.717, 1.165) is 0 Å². The van der Waals surface area contributed by atoms with Crippen LogP contribution in [-0.2, 0) is 14.3 Å². The first-order valence-electron chi connectivity index (χ1n) is 6.36. The summed E-state index contributed by atoms with van der Waals surface area (Å²) in [5.41, 5.74) is -1.38. The molecule has 1 fully saturated rings. The molecule has 0 radical (unpaired) electrons. The van der Waals surface area contributed by atoms with E-state index in [9.17, 15) is 14.4 Å². The summed E-state index contributed by atoms with van der Waals surface area (Å²) in [6, 6.07) is 0. The molecule has 1 saturated heterocycles. The molecule has 1 aromatic rings. The zero-order valence-electron chi connectivity index (χ0n) is 11.4. The number of carbonyl (C=O) groups is 1. The Labute approximate surface area is 119 Å². The minimum absolute atomic E-state index is 0.139. The molecule has 116 valence electrons. The molecule has 0 saturated carbocycles. The number of rotatable bonds is 5. The number of H-pyrrole nitrogens is 1. The first kappa shape index (κ1) is 15.3. The first-order valence-corrected chi connectivity index (χ1v) is 6.36. The van der Waals surface area contributed by atoms with Gasteiger partial charge in [-0.15, -0.1) is 0 Å². The van der Waals surface area contributed by atoms with E-state index in [0.29, 0.717) is 12.8 Å². The van der Waals surface area contributed by atoms with Crippen LogP contribution in [-0.4, -0.2) is 47.1 Å². The van der Waals surface area contributed by atoms with Crippen LogP contribution in [0.1, 0.15) is 19.1 Å². The molecule has 9 heteroatoms. The summed E-state index contributed by atoms with van der Waals surface area (Å²) in [5.74, 6) is -0.833. The molecule has 2 atom stereocenters. The van der Waals surface area contributed by atoms with Crippen molar-refractivity contribution in [3.05, 3.63) is 27.0 Å². The Morgan fingerprint density at radius 3 is 2.90 bits per heavy atom. The van der Waals surface area contributed by atoms with Crippen LogP contribution in [0.15, 0.2) is 15.8 Å². The van der Waals surface area contributed by atoms with Crippen LogP contribution in [0.3, 0.4) is 0 Å². The van der Waals surface area contributed by atoms with Crippen LogP contribution >= 0.6 is 0 Å². The van der Waals surface area contributed by atoms with Gasteiger partial charge in [0.25, 0.3) is 5.56 Å². The standard InChI is InChI=1S/C12H16N2O7/c1-19-10(16)6-20-8-4-14(12(18)13-11(8)17)9-3-2-7(5-15)21-9/h4,7,9,15H,2-3,5-6H2,1H3,(H,13,17,18)/t7-,9?/m0/s1. The zero-order chi connectivity index (χ0) is 15.4. The normalized spacial score (nSPS) is 21.2. The van der Waals surface area contributed by atoms with Crippen molar-refractivity contribution in [3.63, 3.8) is 0 Å². The fourth-order valence-electron chi connectivity index (χ4n) is 2.00. The van der Waals surface area contributed by atoms with Gasteiger partial charge >= 0.3 is 11.7 Å². The summed E-state index contributed by atoms with van der Waals surface area (Å²) in [6.07, 6.45) is 1.38. The molecule has 0 aromatic carbocycles. The van der Waals surface area contributed by atoms with E-state index in [-0.39, 0.29) is 18.5 Å². The lowest BCUT2D eigenvalue weighted by atomic mass is 10.2. The van der Waals surface area contributed by atoms with Crippen LogP contribution in [0.4, 0.5) is 0 Å². The maximum absolute atomic E-state index is 11.8. The quantitative estimate of drug-likeness (QED) is 0.652. The summed E-state index contributed by atoms with van der Waals surface area (Å²) in [5, 5.41) is 9.02. The van der Waals surface area contributed by atoms with Gasteiger partial charge in [-0.05, 0) is 12.8 Å². The lowest BCUT2D eigenvalue weighted by Gasteiger charge is -2.15. The van der Waals surface area contributed by atoms with Crippen molar-refractivity contribution >= 4 is 5.97 Å². The van der Waals surface area contributed by atoms with E-state index in [1.54, 1.807) is 0 Å². The Morgan fingerprint density at radius 2 is 2.29 bits per heavy atom. The van der Waals surface area contributed by atoms with Crippen LogP contribution in [0.25, 0.3) is 0 Å². The van der Waals surface area contributed by atoms with Crippen molar-refractivity contribution in [2.45, 2.75) is 25.2 Å². The van der Waals surface area contributed by atoms with Crippen LogP contribution in [0.5, 0.6) is 5.75 Å². The fraction of sp³-hybridized carbons (Fsp3) is 0.583. The predicted molar refractivity (Wildman–Crippen MR) is 69.1 cm³/mol. The van der Waals surface area contributed by atoms with Gasteiger partial charge in [0.05, 0.1) is 26.0 Å². The maximum Gasteiger partial charge on any atom is 0.343 e. The third-order valence-electron chi connectivity index (χ3n) is 3.11.